The molecular formula is C13H23NO3S. The third-order valence-electron chi connectivity index (χ3n) is 3.36. The van der Waals surface area contributed by atoms with Crippen molar-refractivity contribution < 1.29 is 14.7 Å². The van der Waals surface area contributed by atoms with E-state index in [0.717, 1.165) is 25.0 Å². The fraction of sp³-hybridized carbons (Fsp3) is 0.846. The summed E-state index contributed by atoms with van der Waals surface area (Å²) in [7, 11) is 0. The Morgan fingerprint density at radius 1 is 1.44 bits per heavy atom. The standard InChI is InChI=1S/C13H23NO3S/c1-3-4-7-18-9(2)12(15)14-11-6-5-10(8-11)13(16)17/h9-11H,3-8H2,1-2H3,(H,14,15)(H,16,17)/t9?,10-,11+/m0/s1. The monoisotopic (exact) mass is 273 g/mol. The first kappa shape index (κ1) is 15.3. The van der Waals surface area contributed by atoms with Crippen LogP contribution in [0.4, 0.5) is 0 Å². The Bertz CT molecular complexity index is 296. The molecule has 0 aromatic carbocycles. The molecule has 0 aliphatic heterocycles. The van der Waals surface area contributed by atoms with Crippen LogP contribution in [0.3, 0.4) is 0 Å². The van der Waals surface area contributed by atoms with E-state index in [1.807, 2.05) is 6.92 Å². The second-order valence-corrected chi connectivity index (χ2v) is 6.37. The van der Waals surface area contributed by atoms with Gasteiger partial charge in [-0.05, 0) is 38.4 Å². The van der Waals surface area contributed by atoms with Gasteiger partial charge in [0.25, 0.3) is 0 Å². The normalized spacial score (nSPS) is 24.8. The topological polar surface area (TPSA) is 66.4 Å². The lowest BCUT2D eigenvalue weighted by atomic mass is 10.1. The number of unbranched alkanes of at least 4 members (excludes halogenated alkanes) is 1. The number of hydrogen-bond acceptors (Lipinski definition) is 3. The molecule has 0 bridgehead atoms. The summed E-state index contributed by atoms with van der Waals surface area (Å²) in [6.07, 6.45) is 4.32. The van der Waals surface area contributed by atoms with E-state index in [-0.39, 0.29) is 23.1 Å². The number of aliphatic carboxylic acids is 1. The van der Waals surface area contributed by atoms with Gasteiger partial charge in [0.1, 0.15) is 0 Å². The molecule has 1 amide bonds. The third-order valence-corrected chi connectivity index (χ3v) is 4.60. The van der Waals surface area contributed by atoms with Crippen molar-refractivity contribution in [3.05, 3.63) is 0 Å². The Morgan fingerprint density at radius 3 is 2.72 bits per heavy atom. The Kier molecular flexibility index (Phi) is 6.54. The quantitative estimate of drug-likeness (QED) is 0.698. The second kappa shape index (κ2) is 7.67. The van der Waals surface area contributed by atoms with Crippen LogP contribution in [0.2, 0.25) is 0 Å². The highest BCUT2D eigenvalue weighted by molar-refractivity contribution is 8.00. The van der Waals surface area contributed by atoms with Crippen LogP contribution in [0.25, 0.3) is 0 Å². The van der Waals surface area contributed by atoms with Crippen molar-refractivity contribution in [2.24, 2.45) is 5.92 Å². The first-order chi connectivity index (χ1) is 8.54. The zero-order chi connectivity index (χ0) is 13.5. The Balaban J connectivity index is 2.26. The maximum absolute atomic E-state index is 11.9. The van der Waals surface area contributed by atoms with Gasteiger partial charge in [-0.2, -0.15) is 0 Å². The lowest BCUT2D eigenvalue weighted by molar-refractivity contribution is -0.141. The SMILES string of the molecule is CCCCSC(C)C(=O)N[C@@H]1CC[C@H](C(=O)O)C1. The molecule has 1 aliphatic carbocycles. The molecule has 104 valence electrons. The van der Waals surface area contributed by atoms with Crippen LogP contribution in [-0.4, -0.2) is 34.0 Å². The number of thioether (sulfide) groups is 1. The summed E-state index contributed by atoms with van der Waals surface area (Å²) in [5.74, 6) is 0.0376. The number of carbonyl (C=O) groups excluding carboxylic acids is 1. The van der Waals surface area contributed by atoms with Gasteiger partial charge in [0.05, 0.1) is 11.2 Å². The van der Waals surface area contributed by atoms with Crippen LogP contribution >= 0.6 is 11.8 Å². The van der Waals surface area contributed by atoms with Gasteiger partial charge in [-0.1, -0.05) is 13.3 Å². The van der Waals surface area contributed by atoms with Gasteiger partial charge >= 0.3 is 5.97 Å². The molecule has 0 aromatic rings. The highest BCUT2D eigenvalue weighted by Crippen LogP contribution is 2.26. The number of rotatable bonds is 7. The maximum Gasteiger partial charge on any atom is 0.306 e. The van der Waals surface area contributed by atoms with Gasteiger partial charge in [-0.15, -0.1) is 11.8 Å². The average molecular weight is 273 g/mol. The van der Waals surface area contributed by atoms with Crippen LogP contribution in [-0.2, 0) is 9.59 Å². The molecule has 5 heteroatoms. The molecule has 1 unspecified atom stereocenters. The van der Waals surface area contributed by atoms with E-state index in [0.29, 0.717) is 12.8 Å². The van der Waals surface area contributed by atoms with E-state index in [4.69, 9.17) is 5.11 Å². The molecule has 1 fully saturated rings. The Labute approximate surface area is 113 Å². The molecule has 0 aromatic heterocycles. The van der Waals surface area contributed by atoms with E-state index in [1.54, 1.807) is 11.8 Å². The predicted octanol–water partition coefficient (Wildman–Crippen LogP) is 2.28. The summed E-state index contributed by atoms with van der Waals surface area (Å²) >= 11 is 1.67. The molecule has 1 aliphatic rings. The number of carbonyl (C=O) groups is 2. The van der Waals surface area contributed by atoms with Gasteiger partial charge in [0.15, 0.2) is 0 Å². The number of nitrogens with one attached hydrogen (secondary N) is 1. The molecule has 0 saturated heterocycles. The Hall–Kier alpha value is -0.710. The summed E-state index contributed by atoms with van der Waals surface area (Å²) in [4.78, 5) is 22.7. The molecule has 0 heterocycles. The first-order valence-corrected chi connectivity index (χ1v) is 7.74. The first-order valence-electron chi connectivity index (χ1n) is 6.69. The maximum atomic E-state index is 11.9. The van der Waals surface area contributed by atoms with Crippen molar-refractivity contribution in [2.75, 3.05) is 5.75 Å². The molecule has 0 spiro atoms. The molecule has 1 rings (SSSR count). The zero-order valence-corrected chi connectivity index (χ0v) is 12.0. The van der Waals surface area contributed by atoms with Crippen molar-refractivity contribution >= 4 is 23.6 Å². The van der Waals surface area contributed by atoms with Crippen LogP contribution in [0, 0.1) is 5.92 Å². The smallest absolute Gasteiger partial charge is 0.306 e. The summed E-state index contributed by atoms with van der Waals surface area (Å²) in [6.45, 7) is 4.05. The van der Waals surface area contributed by atoms with E-state index in [2.05, 4.69) is 12.2 Å². The summed E-state index contributed by atoms with van der Waals surface area (Å²) in [5, 5.41) is 11.8. The molecular weight excluding hydrogens is 250 g/mol. The van der Waals surface area contributed by atoms with Crippen LogP contribution in [0.15, 0.2) is 0 Å². The summed E-state index contributed by atoms with van der Waals surface area (Å²) < 4.78 is 0. The predicted molar refractivity (Wildman–Crippen MR) is 73.7 cm³/mol. The second-order valence-electron chi connectivity index (χ2n) is 4.92. The minimum absolute atomic E-state index is 0.0413. The number of hydrogen-bond donors (Lipinski definition) is 2. The molecule has 4 nitrogen and oxygen atoms in total. The minimum Gasteiger partial charge on any atom is -0.481 e. The highest BCUT2D eigenvalue weighted by Gasteiger charge is 2.31. The lowest BCUT2D eigenvalue weighted by Crippen LogP contribution is -2.38. The summed E-state index contributed by atoms with van der Waals surface area (Å²) in [6, 6.07) is 0.0489. The zero-order valence-electron chi connectivity index (χ0n) is 11.1. The van der Waals surface area contributed by atoms with E-state index in [9.17, 15) is 9.59 Å². The lowest BCUT2D eigenvalue weighted by Gasteiger charge is -2.16. The third kappa shape index (κ3) is 4.88. The molecule has 3 atom stereocenters. The van der Waals surface area contributed by atoms with Crippen molar-refractivity contribution in [3.63, 3.8) is 0 Å². The van der Waals surface area contributed by atoms with Gasteiger partial charge in [0, 0.05) is 6.04 Å². The van der Waals surface area contributed by atoms with Gasteiger partial charge in [-0.25, -0.2) is 0 Å². The van der Waals surface area contributed by atoms with Crippen molar-refractivity contribution in [3.8, 4) is 0 Å². The van der Waals surface area contributed by atoms with Crippen LogP contribution in [0.1, 0.15) is 46.0 Å². The minimum atomic E-state index is -0.739. The van der Waals surface area contributed by atoms with Gasteiger partial charge in [-0.3, -0.25) is 9.59 Å². The van der Waals surface area contributed by atoms with E-state index in [1.165, 1.54) is 0 Å². The van der Waals surface area contributed by atoms with Gasteiger partial charge < -0.3 is 10.4 Å². The fourth-order valence-corrected chi connectivity index (χ4v) is 3.16. The number of carboxylic acid groups (broad SMARTS) is 1. The largest absolute Gasteiger partial charge is 0.481 e. The summed E-state index contributed by atoms with van der Waals surface area (Å²) in [5.41, 5.74) is 0. The molecule has 0 radical (unpaired) electrons. The van der Waals surface area contributed by atoms with Crippen molar-refractivity contribution in [2.45, 2.75) is 57.2 Å². The highest BCUT2D eigenvalue weighted by atomic mass is 32.2. The van der Waals surface area contributed by atoms with Crippen LogP contribution in [0.5, 0.6) is 0 Å². The number of carboxylic acids is 1. The van der Waals surface area contributed by atoms with E-state index >= 15 is 0 Å². The van der Waals surface area contributed by atoms with Crippen LogP contribution < -0.4 is 5.32 Å². The number of amides is 1. The Morgan fingerprint density at radius 2 is 2.17 bits per heavy atom. The average Bonchev–Trinajstić information content (AvgIpc) is 2.77. The fourth-order valence-electron chi connectivity index (χ4n) is 2.14. The van der Waals surface area contributed by atoms with Crippen molar-refractivity contribution in [1.29, 1.82) is 0 Å². The molecule has 18 heavy (non-hydrogen) atoms. The molecule has 2 N–H and O–H groups in total. The van der Waals surface area contributed by atoms with Gasteiger partial charge in [0.2, 0.25) is 5.91 Å². The van der Waals surface area contributed by atoms with E-state index < -0.39 is 5.97 Å². The van der Waals surface area contributed by atoms with Crippen molar-refractivity contribution in [1.82, 2.24) is 5.32 Å². The molecule has 1 saturated carbocycles.